The minimum atomic E-state index is 0.779. The zero-order valence-corrected chi connectivity index (χ0v) is 16.6. The summed E-state index contributed by atoms with van der Waals surface area (Å²) in [5.41, 5.74) is 2.19. The van der Waals surface area contributed by atoms with Crippen LogP contribution < -0.4 is 9.80 Å². The van der Waals surface area contributed by atoms with Gasteiger partial charge in [-0.15, -0.1) is 0 Å². The lowest BCUT2D eigenvalue weighted by atomic mass is 10.2. The first-order chi connectivity index (χ1) is 13.7. The predicted octanol–water partition coefficient (Wildman–Crippen LogP) is 4.05. The number of piperazine rings is 1. The van der Waals surface area contributed by atoms with Crippen LogP contribution in [0.3, 0.4) is 0 Å². The first kappa shape index (κ1) is 18.4. The third-order valence-electron chi connectivity index (χ3n) is 5.22. The predicted molar refractivity (Wildman–Crippen MR) is 116 cm³/mol. The van der Waals surface area contributed by atoms with Crippen molar-refractivity contribution in [3.05, 3.63) is 66.7 Å². The molecule has 0 bridgehead atoms. The summed E-state index contributed by atoms with van der Waals surface area (Å²) in [5, 5.41) is 0. The van der Waals surface area contributed by atoms with Gasteiger partial charge in [0.1, 0.15) is 11.6 Å². The van der Waals surface area contributed by atoms with E-state index in [9.17, 15) is 0 Å². The van der Waals surface area contributed by atoms with Crippen LogP contribution in [0.2, 0.25) is 0 Å². The molecule has 1 fully saturated rings. The number of hydrogen-bond acceptors (Lipinski definition) is 5. The number of anilines is 3. The Kier molecular flexibility index (Phi) is 5.53. The van der Waals surface area contributed by atoms with E-state index in [0.717, 1.165) is 61.4 Å². The summed E-state index contributed by atoms with van der Waals surface area (Å²) in [4.78, 5) is 16.8. The van der Waals surface area contributed by atoms with E-state index >= 15 is 0 Å². The highest BCUT2D eigenvalue weighted by atomic mass is 15.3. The molecule has 1 aliphatic heterocycles. The van der Waals surface area contributed by atoms with E-state index in [1.54, 1.807) is 0 Å². The van der Waals surface area contributed by atoms with Crippen molar-refractivity contribution in [3.8, 4) is 11.4 Å². The molecular formula is C23H27N5. The highest BCUT2D eigenvalue weighted by Crippen LogP contribution is 2.29. The Morgan fingerprint density at radius 3 is 2.14 bits per heavy atom. The average Bonchev–Trinajstić information content (AvgIpc) is 2.76. The summed E-state index contributed by atoms with van der Waals surface area (Å²) in [7, 11) is 2.17. The van der Waals surface area contributed by atoms with E-state index < -0.39 is 0 Å². The van der Waals surface area contributed by atoms with Crippen LogP contribution in [0.4, 0.5) is 17.3 Å². The standard InChI is InChI=1S/C23H27N5/c1-3-28(20-12-8-5-9-13-20)22-18-21(27-16-14-26(2)15-17-27)24-23(25-22)19-10-6-4-7-11-19/h4-13,18H,3,14-17H2,1-2H3. The Bertz CT molecular complexity index is 889. The first-order valence-corrected chi connectivity index (χ1v) is 9.95. The number of benzene rings is 2. The molecule has 0 saturated carbocycles. The molecule has 0 spiro atoms. The van der Waals surface area contributed by atoms with Gasteiger partial charge < -0.3 is 14.7 Å². The van der Waals surface area contributed by atoms with Crippen molar-refractivity contribution in [1.82, 2.24) is 14.9 Å². The van der Waals surface area contributed by atoms with Crippen LogP contribution in [0.1, 0.15) is 6.92 Å². The number of rotatable bonds is 5. The topological polar surface area (TPSA) is 35.5 Å². The summed E-state index contributed by atoms with van der Waals surface area (Å²) < 4.78 is 0. The zero-order chi connectivity index (χ0) is 19.3. The summed E-state index contributed by atoms with van der Waals surface area (Å²) >= 11 is 0. The van der Waals surface area contributed by atoms with E-state index in [0.29, 0.717) is 0 Å². The summed E-state index contributed by atoms with van der Waals surface area (Å²) in [6.07, 6.45) is 0. The molecule has 1 aromatic heterocycles. The third kappa shape index (κ3) is 3.99. The Morgan fingerprint density at radius 2 is 1.50 bits per heavy atom. The molecule has 1 saturated heterocycles. The molecule has 5 nitrogen and oxygen atoms in total. The minimum Gasteiger partial charge on any atom is -0.354 e. The molecular weight excluding hydrogens is 346 g/mol. The molecule has 0 amide bonds. The van der Waals surface area contributed by atoms with Crippen molar-refractivity contribution in [2.24, 2.45) is 0 Å². The fourth-order valence-electron chi connectivity index (χ4n) is 3.56. The molecule has 2 aromatic carbocycles. The number of hydrogen-bond donors (Lipinski definition) is 0. The largest absolute Gasteiger partial charge is 0.354 e. The molecule has 4 rings (SSSR count). The molecule has 0 unspecified atom stereocenters. The summed E-state index contributed by atoms with van der Waals surface area (Å²) in [6.45, 7) is 7.08. The molecule has 144 valence electrons. The molecule has 2 heterocycles. The van der Waals surface area contributed by atoms with Gasteiger partial charge in [0.15, 0.2) is 5.82 Å². The van der Waals surface area contributed by atoms with Crippen LogP contribution in [0.25, 0.3) is 11.4 Å². The van der Waals surface area contributed by atoms with E-state index in [2.05, 4.69) is 71.1 Å². The van der Waals surface area contributed by atoms with Crippen LogP contribution in [-0.4, -0.2) is 54.6 Å². The van der Waals surface area contributed by atoms with Gasteiger partial charge in [-0.05, 0) is 26.1 Å². The Morgan fingerprint density at radius 1 is 0.857 bits per heavy atom. The van der Waals surface area contributed by atoms with Gasteiger partial charge in [-0.3, -0.25) is 0 Å². The maximum absolute atomic E-state index is 4.94. The van der Waals surface area contributed by atoms with E-state index in [1.165, 1.54) is 0 Å². The molecule has 0 radical (unpaired) electrons. The van der Waals surface area contributed by atoms with Crippen molar-refractivity contribution in [2.75, 3.05) is 49.6 Å². The molecule has 3 aromatic rings. The average molecular weight is 374 g/mol. The quantitative estimate of drug-likeness (QED) is 0.674. The normalized spacial score (nSPS) is 14.9. The van der Waals surface area contributed by atoms with E-state index in [-0.39, 0.29) is 0 Å². The number of aromatic nitrogens is 2. The fraction of sp³-hybridized carbons (Fsp3) is 0.304. The minimum absolute atomic E-state index is 0.779. The van der Waals surface area contributed by atoms with Gasteiger partial charge in [0.2, 0.25) is 0 Å². The molecule has 0 N–H and O–H groups in total. The maximum Gasteiger partial charge on any atom is 0.163 e. The van der Waals surface area contributed by atoms with Crippen molar-refractivity contribution in [3.63, 3.8) is 0 Å². The second-order valence-corrected chi connectivity index (χ2v) is 7.14. The number of para-hydroxylation sites is 1. The summed E-state index contributed by atoms with van der Waals surface area (Å²) in [6, 6.07) is 22.8. The molecule has 0 atom stereocenters. The van der Waals surface area contributed by atoms with Crippen molar-refractivity contribution in [2.45, 2.75) is 6.92 Å². The van der Waals surface area contributed by atoms with Crippen molar-refractivity contribution in [1.29, 1.82) is 0 Å². The van der Waals surface area contributed by atoms with Crippen LogP contribution in [0.15, 0.2) is 66.7 Å². The van der Waals surface area contributed by atoms with Gasteiger partial charge in [0, 0.05) is 50.0 Å². The second kappa shape index (κ2) is 8.40. The lowest BCUT2D eigenvalue weighted by Crippen LogP contribution is -2.45. The van der Waals surface area contributed by atoms with Crippen LogP contribution >= 0.6 is 0 Å². The van der Waals surface area contributed by atoms with Crippen molar-refractivity contribution >= 4 is 17.3 Å². The molecule has 1 aliphatic rings. The fourth-order valence-corrected chi connectivity index (χ4v) is 3.56. The number of likely N-dealkylation sites (N-methyl/N-ethyl adjacent to an activating group) is 1. The highest BCUT2D eigenvalue weighted by molar-refractivity contribution is 5.67. The van der Waals surface area contributed by atoms with Crippen LogP contribution in [-0.2, 0) is 0 Å². The van der Waals surface area contributed by atoms with Gasteiger partial charge in [-0.1, -0.05) is 48.5 Å². The maximum atomic E-state index is 4.94. The Labute approximate surface area is 167 Å². The van der Waals surface area contributed by atoms with Gasteiger partial charge >= 0.3 is 0 Å². The molecule has 5 heteroatoms. The van der Waals surface area contributed by atoms with Gasteiger partial charge in [0.05, 0.1) is 0 Å². The van der Waals surface area contributed by atoms with Gasteiger partial charge in [-0.25, -0.2) is 9.97 Å². The lowest BCUT2D eigenvalue weighted by Gasteiger charge is -2.34. The third-order valence-corrected chi connectivity index (χ3v) is 5.22. The van der Waals surface area contributed by atoms with Gasteiger partial charge in [-0.2, -0.15) is 0 Å². The Balaban J connectivity index is 1.77. The highest BCUT2D eigenvalue weighted by Gasteiger charge is 2.19. The Hall–Kier alpha value is -2.92. The lowest BCUT2D eigenvalue weighted by molar-refractivity contribution is 0.312. The van der Waals surface area contributed by atoms with Crippen LogP contribution in [0.5, 0.6) is 0 Å². The number of nitrogens with zero attached hydrogens (tertiary/aromatic N) is 5. The second-order valence-electron chi connectivity index (χ2n) is 7.14. The summed E-state index contributed by atoms with van der Waals surface area (Å²) in [5.74, 6) is 2.73. The van der Waals surface area contributed by atoms with E-state index in [1.807, 2.05) is 24.3 Å². The smallest absolute Gasteiger partial charge is 0.163 e. The molecule has 0 aliphatic carbocycles. The monoisotopic (exact) mass is 373 g/mol. The zero-order valence-electron chi connectivity index (χ0n) is 16.6. The van der Waals surface area contributed by atoms with Crippen molar-refractivity contribution < 1.29 is 0 Å². The SMILES string of the molecule is CCN(c1ccccc1)c1cc(N2CCN(C)CC2)nc(-c2ccccc2)n1. The molecule has 28 heavy (non-hydrogen) atoms. The van der Waals surface area contributed by atoms with Crippen LogP contribution in [0, 0.1) is 0 Å². The first-order valence-electron chi connectivity index (χ1n) is 9.95. The van der Waals surface area contributed by atoms with Gasteiger partial charge in [0.25, 0.3) is 0 Å². The van der Waals surface area contributed by atoms with E-state index in [4.69, 9.17) is 9.97 Å².